The van der Waals surface area contributed by atoms with Gasteiger partial charge in [0.25, 0.3) is 0 Å². The van der Waals surface area contributed by atoms with Gasteiger partial charge < -0.3 is 24.5 Å². The van der Waals surface area contributed by atoms with Crippen LogP contribution in [0.2, 0.25) is 0 Å². The summed E-state index contributed by atoms with van der Waals surface area (Å²) in [6.45, 7) is 3.82. The van der Waals surface area contributed by atoms with Crippen LogP contribution in [0.15, 0.2) is 11.6 Å². The molecule has 176 valence electrons. The maximum Gasteiger partial charge on any atom is 0.331 e. The lowest BCUT2D eigenvalue weighted by atomic mass is 9.42. The van der Waals surface area contributed by atoms with Crippen LogP contribution in [0.25, 0.3) is 0 Å². The first-order valence-electron chi connectivity index (χ1n) is 12.0. The molecule has 8 atom stereocenters. The Hall–Kier alpha value is -1.73. The van der Waals surface area contributed by atoms with Crippen molar-refractivity contribution in [3.05, 3.63) is 11.6 Å². The zero-order valence-corrected chi connectivity index (χ0v) is 19.0. The maximum atomic E-state index is 12.7. The summed E-state index contributed by atoms with van der Waals surface area (Å²) in [5.41, 5.74) is -2.41. The Balaban J connectivity index is 1.45. The van der Waals surface area contributed by atoms with Crippen LogP contribution in [0.4, 0.5) is 0 Å². The van der Waals surface area contributed by atoms with E-state index in [-0.39, 0.29) is 47.6 Å². The number of carbonyl (C=O) groups is 3. The Labute approximate surface area is 188 Å². The van der Waals surface area contributed by atoms with E-state index in [1.54, 1.807) is 6.08 Å². The van der Waals surface area contributed by atoms with Gasteiger partial charge >= 0.3 is 11.9 Å². The van der Waals surface area contributed by atoms with Crippen LogP contribution in [-0.4, -0.2) is 52.4 Å². The zero-order chi connectivity index (χ0) is 22.9. The average molecular weight is 447 g/mol. The Morgan fingerprint density at radius 1 is 1.12 bits per heavy atom. The summed E-state index contributed by atoms with van der Waals surface area (Å²) < 4.78 is 10.5. The average Bonchev–Trinajstić information content (AvgIpc) is 3.27. The summed E-state index contributed by atoms with van der Waals surface area (Å²) in [7, 11) is 0. The van der Waals surface area contributed by atoms with E-state index in [2.05, 4.69) is 6.92 Å². The summed E-state index contributed by atoms with van der Waals surface area (Å²) in [5, 5.41) is 23.9. The highest BCUT2D eigenvalue weighted by atomic mass is 16.5. The molecule has 0 aromatic rings. The van der Waals surface area contributed by atoms with E-state index in [1.807, 2.05) is 0 Å². The molecular weight excluding hydrogens is 412 g/mol. The lowest BCUT2D eigenvalue weighted by Gasteiger charge is -2.64. The van der Waals surface area contributed by atoms with Gasteiger partial charge in [-0.25, -0.2) is 4.79 Å². The van der Waals surface area contributed by atoms with Crippen molar-refractivity contribution in [2.75, 3.05) is 6.61 Å². The summed E-state index contributed by atoms with van der Waals surface area (Å²) in [6, 6.07) is 0. The Bertz CT molecular complexity index is 882. The third-order valence-electron chi connectivity index (χ3n) is 10.00. The molecule has 0 bridgehead atoms. The zero-order valence-electron chi connectivity index (χ0n) is 19.0. The topological polar surface area (TPSA) is 110 Å². The van der Waals surface area contributed by atoms with E-state index >= 15 is 0 Å². The first kappa shape index (κ1) is 22.1. The van der Waals surface area contributed by atoms with Crippen molar-refractivity contribution in [3.63, 3.8) is 0 Å². The van der Waals surface area contributed by atoms with Gasteiger partial charge in [-0.05, 0) is 80.1 Å². The summed E-state index contributed by atoms with van der Waals surface area (Å²) in [5.74, 6) is -0.765. The number of aliphatic hydroxyl groups is 2. The molecule has 7 nitrogen and oxygen atoms in total. The number of hydrogen-bond acceptors (Lipinski definition) is 7. The van der Waals surface area contributed by atoms with Gasteiger partial charge in [0.1, 0.15) is 19.0 Å². The monoisotopic (exact) mass is 446 g/mol. The molecule has 4 fully saturated rings. The number of cyclic esters (lactones) is 1. The molecule has 0 saturated heterocycles. The Morgan fingerprint density at radius 2 is 1.88 bits per heavy atom. The van der Waals surface area contributed by atoms with Gasteiger partial charge in [-0.15, -0.1) is 0 Å². The number of fused-ring (bicyclic) bond motifs is 5. The van der Waals surface area contributed by atoms with E-state index in [1.165, 1.54) is 6.92 Å². The molecule has 0 aromatic heterocycles. The molecule has 0 radical (unpaired) electrons. The molecule has 2 N–H and O–H groups in total. The van der Waals surface area contributed by atoms with Gasteiger partial charge in [0, 0.05) is 19.4 Å². The number of aldehydes is 1. The molecule has 5 aliphatic rings. The van der Waals surface area contributed by atoms with Crippen molar-refractivity contribution in [3.8, 4) is 0 Å². The number of ether oxygens (including phenoxy) is 2. The molecule has 1 heterocycles. The molecule has 7 heteroatoms. The second-order valence-corrected chi connectivity index (χ2v) is 11.4. The fourth-order valence-electron chi connectivity index (χ4n) is 8.44. The van der Waals surface area contributed by atoms with Gasteiger partial charge in [0.2, 0.25) is 0 Å². The molecule has 4 saturated carbocycles. The summed E-state index contributed by atoms with van der Waals surface area (Å²) >= 11 is 0. The molecule has 0 amide bonds. The number of rotatable bonds is 3. The van der Waals surface area contributed by atoms with E-state index in [0.29, 0.717) is 38.7 Å². The molecule has 5 rings (SSSR count). The van der Waals surface area contributed by atoms with Crippen molar-refractivity contribution in [1.82, 2.24) is 0 Å². The quantitative estimate of drug-likeness (QED) is 0.506. The second-order valence-electron chi connectivity index (χ2n) is 11.4. The lowest BCUT2D eigenvalue weighted by Crippen LogP contribution is -2.68. The van der Waals surface area contributed by atoms with E-state index < -0.39 is 16.6 Å². The SMILES string of the molecule is CC(=O)O[C@@H]1CC[C@]2(C=O)[C@H]3CC[C@]4(C)C[C@@H](C5=CC(=O)OC5)C[C@@]4(O)[C@@H]3CC[C@]2(O)C1. The second kappa shape index (κ2) is 7.13. The minimum Gasteiger partial charge on any atom is -0.462 e. The smallest absolute Gasteiger partial charge is 0.331 e. The Kier molecular flexibility index (Phi) is 4.92. The molecule has 1 aliphatic heterocycles. The highest BCUT2D eigenvalue weighted by Crippen LogP contribution is 2.69. The Morgan fingerprint density at radius 3 is 2.53 bits per heavy atom. The third-order valence-corrected chi connectivity index (χ3v) is 10.00. The van der Waals surface area contributed by atoms with Crippen LogP contribution in [-0.2, 0) is 23.9 Å². The summed E-state index contributed by atoms with van der Waals surface area (Å²) in [6.07, 6.45) is 7.44. The molecule has 4 aliphatic carbocycles. The van der Waals surface area contributed by atoms with E-state index in [4.69, 9.17) is 9.47 Å². The van der Waals surface area contributed by atoms with Crippen LogP contribution in [0, 0.1) is 28.6 Å². The fraction of sp³-hybridized carbons (Fsp3) is 0.800. The minimum absolute atomic E-state index is 0.0828. The first-order valence-corrected chi connectivity index (χ1v) is 12.0. The number of hydrogen-bond donors (Lipinski definition) is 2. The predicted octanol–water partition coefficient (Wildman–Crippen LogP) is 2.47. The van der Waals surface area contributed by atoms with Crippen LogP contribution < -0.4 is 0 Å². The lowest BCUT2D eigenvalue weighted by molar-refractivity contribution is -0.247. The van der Waals surface area contributed by atoms with Crippen LogP contribution >= 0.6 is 0 Å². The van der Waals surface area contributed by atoms with Gasteiger partial charge in [0.15, 0.2) is 0 Å². The van der Waals surface area contributed by atoms with Crippen LogP contribution in [0.1, 0.15) is 71.6 Å². The van der Waals surface area contributed by atoms with Gasteiger partial charge in [-0.3, -0.25) is 4.79 Å². The molecular formula is C25H34O7. The predicted molar refractivity (Wildman–Crippen MR) is 113 cm³/mol. The van der Waals surface area contributed by atoms with Crippen molar-refractivity contribution in [2.24, 2.45) is 28.6 Å². The highest BCUT2D eigenvalue weighted by Gasteiger charge is 2.70. The number of esters is 2. The van der Waals surface area contributed by atoms with Crippen molar-refractivity contribution < 1.29 is 34.1 Å². The van der Waals surface area contributed by atoms with Crippen LogP contribution in [0.5, 0.6) is 0 Å². The normalized spacial score (nSPS) is 49.9. The highest BCUT2D eigenvalue weighted by molar-refractivity contribution is 5.85. The molecule has 0 unspecified atom stereocenters. The van der Waals surface area contributed by atoms with Crippen molar-refractivity contribution in [2.45, 2.75) is 88.9 Å². The largest absolute Gasteiger partial charge is 0.462 e. The van der Waals surface area contributed by atoms with Gasteiger partial charge in [-0.2, -0.15) is 0 Å². The van der Waals surface area contributed by atoms with Crippen LogP contribution in [0.3, 0.4) is 0 Å². The third kappa shape index (κ3) is 2.89. The van der Waals surface area contributed by atoms with Gasteiger partial charge in [0.05, 0.1) is 16.6 Å². The van der Waals surface area contributed by atoms with Crippen molar-refractivity contribution in [1.29, 1.82) is 0 Å². The minimum atomic E-state index is -1.22. The number of carbonyl (C=O) groups excluding carboxylic acids is 3. The molecule has 0 aromatic carbocycles. The fourth-order valence-corrected chi connectivity index (χ4v) is 8.44. The maximum absolute atomic E-state index is 12.7. The van der Waals surface area contributed by atoms with E-state index in [9.17, 15) is 24.6 Å². The van der Waals surface area contributed by atoms with E-state index in [0.717, 1.165) is 31.1 Å². The molecule has 32 heavy (non-hydrogen) atoms. The van der Waals surface area contributed by atoms with Crippen molar-refractivity contribution >= 4 is 18.2 Å². The first-order chi connectivity index (χ1) is 15.1. The van der Waals surface area contributed by atoms with Gasteiger partial charge in [-0.1, -0.05) is 6.92 Å². The summed E-state index contributed by atoms with van der Waals surface area (Å²) in [4.78, 5) is 35.8. The molecule has 0 spiro atoms. The standard InChI is InChI=1S/C25H34O7/c1-15(27)32-18-3-7-23(14-26)19-4-6-22(2)10-17(16-9-21(28)31-13-16)11-25(22,30)20(19)5-8-24(23,29)12-18/h9,14,17-20,29-30H,3-8,10-13H2,1-2H3/t17-,18-,19+,20-,22-,23+,24+,25-/m1/s1.